The third-order valence-electron chi connectivity index (χ3n) is 3.78. The van der Waals surface area contributed by atoms with Crippen LogP contribution in [0.25, 0.3) is 6.08 Å². The highest BCUT2D eigenvalue weighted by Crippen LogP contribution is 2.33. The van der Waals surface area contributed by atoms with Crippen molar-refractivity contribution in [2.45, 2.75) is 0 Å². The number of carbonyl (C=O) groups is 4. The SMILES string of the molecule is O=C(CN1C(=O)SC(=Cc2ccccc2Cl)C1=O)Nc1ccc(C(=O)O)cc1. The van der Waals surface area contributed by atoms with E-state index in [0.29, 0.717) is 16.3 Å². The monoisotopic (exact) mass is 416 g/mol. The normalized spacial score (nSPS) is 15.2. The minimum Gasteiger partial charge on any atom is -0.478 e. The fourth-order valence-corrected chi connectivity index (χ4v) is 3.43. The molecule has 7 nitrogen and oxygen atoms in total. The van der Waals surface area contributed by atoms with E-state index in [9.17, 15) is 19.2 Å². The molecule has 3 amide bonds. The molecule has 3 rings (SSSR count). The number of rotatable bonds is 5. The standard InChI is InChI=1S/C19H13ClN2O5S/c20-14-4-2-1-3-12(14)9-15-17(24)22(19(27)28-15)10-16(23)21-13-7-5-11(6-8-13)18(25)26/h1-9H,10H2,(H,21,23)(H,25,26). The van der Waals surface area contributed by atoms with E-state index in [-0.39, 0.29) is 10.5 Å². The second-order valence-electron chi connectivity index (χ2n) is 5.72. The predicted molar refractivity (Wildman–Crippen MR) is 106 cm³/mol. The number of carboxylic acid groups (broad SMARTS) is 1. The van der Waals surface area contributed by atoms with E-state index in [1.54, 1.807) is 24.3 Å². The Morgan fingerprint density at radius 2 is 1.79 bits per heavy atom. The molecule has 1 heterocycles. The maximum absolute atomic E-state index is 12.5. The van der Waals surface area contributed by atoms with Crippen molar-refractivity contribution in [2.24, 2.45) is 0 Å². The number of aromatic carboxylic acids is 1. The molecule has 0 saturated carbocycles. The van der Waals surface area contributed by atoms with E-state index in [0.717, 1.165) is 16.7 Å². The number of hydrogen-bond acceptors (Lipinski definition) is 5. The summed E-state index contributed by atoms with van der Waals surface area (Å²) in [4.78, 5) is 48.6. The summed E-state index contributed by atoms with van der Waals surface area (Å²) in [5.74, 6) is -2.24. The molecule has 2 aromatic rings. The molecule has 0 aromatic heterocycles. The summed E-state index contributed by atoms with van der Waals surface area (Å²) in [6.07, 6.45) is 1.51. The van der Waals surface area contributed by atoms with Crippen LogP contribution >= 0.6 is 23.4 Å². The van der Waals surface area contributed by atoms with Crippen molar-refractivity contribution in [3.8, 4) is 0 Å². The van der Waals surface area contributed by atoms with Crippen LogP contribution in [-0.2, 0) is 9.59 Å². The lowest BCUT2D eigenvalue weighted by Crippen LogP contribution is -2.36. The second-order valence-corrected chi connectivity index (χ2v) is 7.12. The van der Waals surface area contributed by atoms with Gasteiger partial charge >= 0.3 is 5.97 Å². The molecule has 1 aliphatic heterocycles. The lowest BCUT2D eigenvalue weighted by atomic mass is 10.2. The van der Waals surface area contributed by atoms with E-state index in [2.05, 4.69) is 5.32 Å². The van der Waals surface area contributed by atoms with Crippen LogP contribution in [-0.4, -0.2) is 39.6 Å². The lowest BCUT2D eigenvalue weighted by Gasteiger charge is -2.12. The van der Waals surface area contributed by atoms with Crippen LogP contribution in [0.2, 0.25) is 5.02 Å². The second kappa shape index (κ2) is 8.28. The smallest absolute Gasteiger partial charge is 0.335 e. The molecule has 0 spiro atoms. The number of anilines is 1. The number of carboxylic acids is 1. The molecule has 28 heavy (non-hydrogen) atoms. The average molecular weight is 417 g/mol. The average Bonchev–Trinajstić information content (AvgIpc) is 2.91. The largest absolute Gasteiger partial charge is 0.478 e. The Morgan fingerprint density at radius 1 is 1.11 bits per heavy atom. The Balaban J connectivity index is 1.68. The zero-order valence-corrected chi connectivity index (χ0v) is 15.8. The molecule has 0 unspecified atom stereocenters. The molecule has 2 aromatic carbocycles. The number of nitrogens with one attached hydrogen (secondary N) is 1. The van der Waals surface area contributed by atoms with Gasteiger partial charge in [-0.15, -0.1) is 0 Å². The molecule has 2 N–H and O–H groups in total. The van der Waals surface area contributed by atoms with E-state index in [4.69, 9.17) is 16.7 Å². The molecule has 9 heteroatoms. The summed E-state index contributed by atoms with van der Waals surface area (Å²) < 4.78 is 0. The Labute approximate surface area is 169 Å². The maximum Gasteiger partial charge on any atom is 0.335 e. The van der Waals surface area contributed by atoms with Crippen LogP contribution < -0.4 is 5.32 Å². The number of hydrogen-bond donors (Lipinski definition) is 2. The third-order valence-corrected chi connectivity index (χ3v) is 5.03. The molecular weight excluding hydrogens is 404 g/mol. The van der Waals surface area contributed by atoms with Crippen molar-refractivity contribution >= 4 is 58.1 Å². The van der Waals surface area contributed by atoms with Gasteiger partial charge in [-0.3, -0.25) is 19.3 Å². The quantitative estimate of drug-likeness (QED) is 0.720. The van der Waals surface area contributed by atoms with Gasteiger partial charge in [0.15, 0.2) is 0 Å². The summed E-state index contributed by atoms with van der Waals surface area (Å²) in [7, 11) is 0. The van der Waals surface area contributed by atoms with Crippen LogP contribution in [0.3, 0.4) is 0 Å². The first-order valence-corrected chi connectivity index (χ1v) is 9.17. The van der Waals surface area contributed by atoms with Gasteiger partial charge in [-0.25, -0.2) is 4.79 Å². The van der Waals surface area contributed by atoms with Crippen molar-refractivity contribution in [3.05, 3.63) is 69.6 Å². The highest BCUT2D eigenvalue weighted by molar-refractivity contribution is 8.18. The molecule has 0 radical (unpaired) electrons. The van der Waals surface area contributed by atoms with Crippen LogP contribution in [0.15, 0.2) is 53.4 Å². The number of thioether (sulfide) groups is 1. The molecule has 0 atom stereocenters. The van der Waals surface area contributed by atoms with E-state index in [1.165, 1.54) is 30.3 Å². The van der Waals surface area contributed by atoms with Crippen molar-refractivity contribution < 1.29 is 24.3 Å². The summed E-state index contributed by atoms with van der Waals surface area (Å²) >= 11 is 6.80. The Morgan fingerprint density at radius 3 is 2.43 bits per heavy atom. The lowest BCUT2D eigenvalue weighted by molar-refractivity contribution is -0.127. The molecule has 142 valence electrons. The first-order chi connectivity index (χ1) is 13.3. The van der Waals surface area contributed by atoms with Gasteiger partial charge in [0.25, 0.3) is 11.1 Å². The topological polar surface area (TPSA) is 104 Å². The van der Waals surface area contributed by atoms with Gasteiger partial charge < -0.3 is 10.4 Å². The van der Waals surface area contributed by atoms with Crippen LogP contribution in [0.4, 0.5) is 10.5 Å². The van der Waals surface area contributed by atoms with E-state index in [1.807, 2.05) is 0 Å². The van der Waals surface area contributed by atoms with Gasteiger partial charge in [0.1, 0.15) is 6.54 Å². The van der Waals surface area contributed by atoms with Gasteiger partial charge in [0, 0.05) is 10.7 Å². The summed E-state index contributed by atoms with van der Waals surface area (Å²) in [6, 6.07) is 12.4. The highest BCUT2D eigenvalue weighted by atomic mass is 35.5. The fourth-order valence-electron chi connectivity index (χ4n) is 2.41. The number of amides is 3. The van der Waals surface area contributed by atoms with Crippen molar-refractivity contribution in [1.82, 2.24) is 4.90 Å². The first-order valence-electron chi connectivity index (χ1n) is 7.98. The Bertz CT molecular complexity index is 1000. The van der Waals surface area contributed by atoms with Crippen LogP contribution in [0, 0.1) is 0 Å². The molecule has 1 saturated heterocycles. The zero-order valence-electron chi connectivity index (χ0n) is 14.2. The first kappa shape index (κ1) is 19.7. The van der Waals surface area contributed by atoms with Crippen molar-refractivity contribution in [2.75, 3.05) is 11.9 Å². The summed E-state index contributed by atoms with van der Waals surface area (Å²) in [5, 5.41) is 11.3. The maximum atomic E-state index is 12.5. The number of nitrogens with zero attached hydrogens (tertiary/aromatic N) is 1. The number of imide groups is 1. The minimum atomic E-state index is -1.08. The third kappa shape index (κ3) is 4.41. The van der Waals surface area contributed by atoms with Crippen molar-refractivity contribution in [3.63, 3.8) is 0 Å². The molecular formula is C19H13ClN2O5S. The van der Waals surface area contributed by atoms with Gasteiger partial charge in [0.2, 0.25) is 5.91 Å². The van der Waals surface area contributed by atoms with Crippen LogP contribution in [0.5, 0.6) is 0 Å². The molecule has 0 aliphatic carbocycles. The van der Waals surface area contributed by atoms with Crippen LogP contribution in [0.1, 0.15) is 15.9 Å². The van der Waals surface area contributed by atoms with Crippen molar-refractivity contribution in [1.29, 1.82) is 0 Å². The molecule has 0 bridgehead atoms. The molecule has 1 fully saturated rings. The van der Waals surface area contributed by atoms with Gasteiger partial charge in [0.05, 0.1) is 10.5 Å². The molecule has 1 aliphatic rings. The Hall–Kier alpha value is -3.10. The predicted octanol–water partition coefficient (Wildman–Crippen LogP) is 3.71. The summed E-state index contributed by atoms with van der Waals surface area (Å²) in [6.45, 7) is -0.453. The Kier molecular flexibility index (Phi) is 5.81. The fraction of sp³-hybridized carbons (Fsp3) is 0.0526. The number of halogens is 1. The van der Waals surface area contributed by atoms with Gasteiger partial charge in [-0.2, -0.15) is 0 Å². The highest BCUT2D eigenvalue weighted by Gasteiger charge is 2.36. The van der Waals surface area contributed by atoms with E-state index < -0.39 is 29.6 Å². The minimum absolute atomic E-state index is 0.0775. The van der Waals surface area contributed by atoms with E-state index >= 15 is 0 Å². The zero-order chi connectivity index (χ0) is 20.3. The number of carbonyl (C=O) groups excluding carboxylic acids is 3. The summed E-state index contributed by atoms with van der Waals surface area (Å²) in [5.41, 5.74) is 1.03. The number of benzene rings is 2. The van der Waals surface area contributed by atoms with Gasteiger partial charge in [-0.1, -0.05) is 29.8 Å². The van der Waals surface area contributed by atoms with Gasteiger partial charge in [-0.05, 0) is 53.7 Å².